The molecule has 1 aliphatic rings. The maximum Gasteiger partial charge on any atom is 0.267 e. The highest BCUT2D eigenvalue weighted by atomic mass is 32.1. The lowest BCUT2D eigenvalue weighted by atomic mass is 9.41. The van der Waals surface area contributed by atoms with Crippen molar-refractivity contribution in [2.24, 2.45) is 7.05 Å². The number of alkyl halides is 2. The van der Waals surface area contributed by atoms with E-state index in [-0.39, 0.29) is 17.8 Å². The fourth-order valence-electron chi connectivity index (χ4n) is 3.99. The number of benzene rings is 1. The van der Waals surface area contributed by atoms with Gasteiger partial charge in [-0.2, -0.15) is 20.1 Å². The fraction of sp³-hybridized carbons (Fsp3) is 0.389. The largest absolute Gasteiger partial charge is 0.267 e. The zero-order valence-corrected chi connectivity index (χ0v) is 16.4. The number of hydrogen-bond acceptors (Lipinski definition) is 6. The van der Waals surface area contributed by atoms with Crippen LogP contribution in [0.1, 0.15) is 36.4 Å². The molecule has 1 aliphatic heterocycles. The van der Waals surface area contributed by atoms with Crippen molar-refractivity contribution >= 4 is 34.0 Å². The highest BCUT2D eigenvalue weighted by molar-refractivity contribution is 7.19. The van der Waals surface area contributed by atoms with Gasteiger partial charge < -0.3 is 0 Å². The van der Waals surface area contributed by atoms with Crippen molar-refractivity contribution in [3.63, 3.8) is 0 Å². The summed E-state index contributed by atoms with van der Waals surface area (Å²) >= 11 is 1.36. The Balaban J connectivity index is 1.49. The molecule has 0 aliphatic carbocycles. The van der Waals surface area contributed by atoms with Gasteiger partial charge in [0.1, 0.15) is 16.0 Å². The Hall–Kier alpha value is -2.87. The Bertz CT molecular complexity index is 1220. The molecule has 4 aromatic rings. The van der Waals surface area contributed by atoms with Gasteiger partial charge in [0.05, 0.1) is 11.9 Å². The van der Waals surface area contributed by atoms with Gasteiger partial charge in [0.15, 0.2) is 0 Å². The van der Waals surface area contributed by atoms with Gasteiger partial charge >= 0.3 is 0 Å². The summed E-state index contributed by atoms with van der Waals surface area (Å²) in [5.74, 6) is 2.70. The normalized spacial score (nSPS) is 15.6. The number of aryl methyl sites for hydroxylation is 1. The van der Waals surface area contributed by atoms with Gasteiger partial charge in [0.2, 0.25) is 4.96 Å². The predicted molar refractivity (Wildman–Crippen MR) is 106 cm³/mol. The molecule has 11 heteroatoms. The van der Waals surface area contributed by atoms with Crippen molar-refractivity contribution in [2.75, 3.05) is 0 Å². The first-order valence-corrected chi connectivity index (χ1v) is 10.2. The molecule has 146 valence electrons. The molecule has 0 spiro atoms. The smallest absolute Gasteiger partial charge is 0.222 e. The first-order chi connectivity index (χ1) is 14.0. The van der Waals surface area contributed by atoms with E-state index in [1.54, 1.807) is 17.6 Å². The van der Waals surface area contributed by atoms with E-state index in [4.69, 9.17) is 10.2 Å². The summed E-state index contributed by atoms with van der Waals surface area (Å²) in [4.78, 5) is 6.74. The minimum absolute atomic E-state index is 0.145. The summed E-state index contributed by atoms with van der Waals surface area (Å²) in [7, 11) is 1.61. The summed E-state index contributed by atoms with van der Waals surface area (Å²) in [6.45, 7) is 0.153. The lowest BCUT2D eigenvalue weighted by Gasteiger charge is -2.21. The number of rotatable bonds is 3. The number of aromatic nitrogens is 6. The highest BCUT2D eigenvalue weighted by Gasteiger charge is 2.27. The molecule has 4 heterocycles. The third kappa shape index (κ3) is 3.17. The van der Waals surface area contributed by atoms with E-state index in [0.29, 0.717) is 22.0 Å². The van der Waals surface area contributed by atoms with E-state index in [1.165, 1.54) is 22.2 Å². The maximum atomic E-state index is 13.5. The summed E-state index contributed by atoms with van der Waals surface area (Å²) in [6, 6.07) is 3.17. The average molecular weight is 411 g/mol. The standard InChI is InChI=1S/C18H16BF2N7S/c1-27-24-13-7-11(6-12(16(20)21)15(13)25-27)17-26-28-8-14(23-18(28)29-17)10-2-4-19(9-22)5-3-10/h6-8,10,16H,2-5H2,1H3. The van der Waals surface area contributed by atoms with Gasteiger partial charge in [-0.25, -0.2) is 23.5 Å². The third-order valence-corrected chi connectivity index (χ3v) is 6.46. The maximum absolute atomic E-state index is 13.5. The summed E-state index contributed by atoms with van der Waals surface area (Å²) in [6.07, 6.45) is 2.99. The van der Waals surface area contributed by atoms with Gasteiger partial charge in [0, 0.05) is 30.1 Å². The van der Waals surface area contributed by atoms with Gasteiger partial charge in [-0.05, 0) is 12.1 Å². The number of imidazole rings is 1. The first kappa shape index (κ1) is 18.2. The SMILES string of the molecule is Cn1nc2cc(-c3nn4cc(C5CCB(C#N)CC5)nc4s3)cc(C(F)F)c2n1. The van der Waals surface area contributed by atoms with Crippen LogP contribution in [0.2, 0.25) is 12.6 Å². The molecule has 0 saturated carbocycles. The molecule has 0 unspecified atom stereocenters. The second-order valence-electron chi connectivity index (χ2n) is 7.40. The van der Waals surface area contributed by atoms with Crippen molar-refractivity contribution in [2.45, 2.75) is 37.8 Å². The molecule has 5 rings (SSSR count). The molecule has 1 fully saturated rings. The van der Waals surface area contributed by atoms with Crippen LogP contribution < -0.4 is 0 Å². The molecule has 7 nitrogen and oxygen atoms in total. The second-order valence-corrected chi connectivity index (χ2v) is 8.36. The van der Waals surface area contributed by atoms with Crippen molar-refractivity contribution in [1.82, 2.24) is 29.6 Å². The van der Waals surface area contributed by atoms with Crippen LogP contribution in [-0.4, -0.2) is 36.3 Å². The first-order valence-electron chi connectivity index (χ1n) is 9.41. The van der Waals surface area contributed by atoms with E-state index in [1.807, 2.05) is 6.20 Å². The minimum atomic E-state index is -2.65. The minimum Gasteiger partial charge on any atom is -0.222 e. The average Bonchev–Trinajstić information content (AvgIpc) is 3.38. The number of hydrogen-bond donors (Lipinski definition) is 0. The Morgan fingerprint density at radius 1 is 1.24 bits per heavy atom. The van der Waals surface area contributed by atoms with Crippen molar-refractivity contribution in [3.05, 3.63) is 29.6 Å². The van der Waals surface area contributed by atoms with E-state index >= 15 is 0 Å². The Labute approximate surface area is 169 Å². The second kappa shape index (κ2) is 6.88. The number of halogens is 2. The van der Waals surface area contributed by atoms with E-state index in [2.05, 4.69) is 21.3 Å². The number of fused-ring (bicyclic) bond motifs is 2. The van der Waals surface area contributed by atoms with Crippen molar-refractivity contribution in [1.29, 1.82) is 5.26 Å². The quantitative estimate of drug-likeness (QED) is 0.474. The van der Waals surface area contributed by atoms with Crippen LogP contribution in [0.4, 0.5) is 8.78 Å². The van der Waals surface area contributed by atoms with Gasteiger partial charge in [-0.3, -0.25) is 0 Å². The lowest BCUT2D eigenvalue weighted by Crippen LogP contribution is -2.19. The molecule has 1 saturated heterocycles. The van der Waals surface area contributed by atoms with Crippen LogP contribution in [0, 0.1) is 11.2 Å². The highest BCUT2D eigenvalue weighted by Crippen LogP contribution is 2.36. The monoisotopic (exact) mass is 411 g/mol. The summed E-state index contributed by atoms with van der Waals surface area (Å²) in [5.41, 5.74) is 2.06. The fourth-order valence-corrected chi connectivity index (χ4v) is 4.86. The van der Waals surface area contributed by atoms with Gasteiger partial charge in [-0.15, -0.1) is 0 Å². The molecule has 29 heavy (non-hydrogen) atoms. The predicted octanol–water partition coefficient (Wildman–Crippen LogP) is 4.11. The molecule has 0 bridgehead atoms. The van der Waals surface area contributed by atoms with Gasteiger partial charge in [-0.1, -0.05) is 36.8 Å². The molecule has 0 radical (unpaired) electrons. The summed E-state index contributed by atoms with van der Waals surface area (Å²) < 4.78 is 28.8. The van der Waals surface area contributed by atoms with E-state index < -0.39 is 6.43 Å². The zero-order valence-electron chi connectivity index (χ0n) is 15.6. The summed E-state index contributed by atoms with van der Waals surface area (Å²) in [5, 5.41) is 22.5. The molecule has 0 N–H and O–H groups in total. The zero-order chi connectivity index (χ0) is 20.1. The van der Waals surface area contributed by atoms with Gasteiger partial charge in [0.25, 0.3) is 13.1 Å². The van der Waals surface area contributed by atoms with E-state index in [0.717, 1.165) is 36.1 Å². The molecule has 0 atom stereocenters. The molecular formula is C18H16BF2N7S. The Kier molecular flexibility index (Phi) is 4.31. The van der Waals surface area contributed by atoms with Crippen LogP contribution in [0.3, 0.4) is 0 Å². The van der Waals surface area contributed by atoms with Crippen LogP contribution >= 0.6 is 11.3 Å². The Morgan fingerprint density at radius 3 is 2.72 bits per heavy atom. The number of nitriles is 1. The van der Waals surface area contributed by atoms with Crippen molar-refractivity contribution < 1.29 is 8.78 Å². The molecule has 3 aromatic heterocycles. The topological polar surface area (TPSA) is 84.7 Å². The Morgan fingerprint density at radius 2 is 2.03 bits per heavy atom. The van der Waals surface area contributed by atoms with Crippen LogP contribution in [-0.2, 0) is 7.05 Å². The van der Waals surface area contributed by atoms with Crippen LogP contribution in [0.5, 0.6) is 0 Å². The van der Waals surface area contributed by atoms with Crippen LogP contribution in [0.25, 0.3) is 26.6 Å². The van der Waals surface area contributed by atoms with Crippen LogP contribution in [0.15, 0.2) is 18.3 Å². The van der Waals surface area contributed by atoms with E-state index in [9.17, 15) is 8.78 Å². The third-order valence-electron chi connectivity index (χ3n) is 5.49. The molecule has 1 aromatic carbocycles. The molecular weight excluding hydrogens is 395 g/mol. The lowest BCUT2D eigenvalue weighted by molar-refractivity contribution is 0.153. The number of nitrogens with zero attached hydrogens (tertiary/aromatic N) is 7. The molecule has 0 amide bonds. The van der Waals surface area contributed by atoms with Crippen molar-refractivity contribution in [3.8, 4) is 16.5 Å².